The number of ether oxygens (including phenoxy) is 2. The maximum atomic E-state index is 6.85. The molecular formula is C39H26N2O2. The van der Waals surface area contributed by atoms with E-state index >= 15 is 0 Å². The Balaban J connectivity index is 1.21. The molecule has 0 radical (unpaired) electrons. The smallest absolute Gasteiger partial charge is 0.240 e. The van der Waals surface area contributed by atoms with Gasteiger partial charge in [0.05, 0.1) is 5.41 Å². The minimum absolute atomic E-state index is 0.313. The summed E-state index contributed by atoms with van der Waals surface area (Å²) in [5.74, 6) is 2.32. The van der Waals surface area contributed by atoms with E-state index in [1.165, 1.54) is 22.3 Å². The predicted octanol–water partition coefficient (Wildman–Crippen LogP) is 8.80. The maximum Gasteiger partial charge on any atom is 0.240 e. The molecule has 6 aromatic rings. The summed E-state index contributed by atoms with van der Waals surface area (Å²) >= 11 is 0. The zero-order chi connectivity index (χ0) is 28.4. The minimum Gasteiger partial charge on any atom is -0.456 e. The third-order valence-corrected chi connectivity index (χ3v) is 8.91. The van der Waals surface area contributed by atoms with Crippen molar-refractivity contribution in [3.63, 3.8) is 0 Å². The molecule has 2 aliphatic heterocycles. The lowest BCUT2D eigenvalue weighted by molar-refractivity contribution is 0.192. The number of hydrazone groups is 1. The van der Waals surface area contributed by atoms with Gasteiger partial charge in [0.1, 0.15) is 11.5 Å². The third kappa shape index (κ3) is 3.41. The summed E-state index contributed by atoms with van der Waals surface area (Å²) in [6.07, 6.45) is -0.313. The molecule has 43 heavy (non-hydrogen) atoms. The molecule has 1 spiro atoms. The van der Waals surface area contributed by atoms with E-state index in [2.05, 4.69) is 120 Å². The SMILES string of the molecule is c1ccc(C2NN=C(c3cccc(-c4cccc5c4Oc4ccccc4C54c5ccccc5-c5ccccc54)c3)O2)cc1. The zero-order valence-corrected chi connectivity index (χ0v) is 23.2. The van der Waals surface area contributed by atoms with E-state index in [1.54, 1.807) is 0 Å². The van der Waals surface area contributed by atoms with Crippen molar-refractivity contribution in [2.75, 3.05) is 0 Å². The molecule has 0 aromatic heterocycles. The lowest BCUT2D eigenvalue weighted by Gasteiger charge is -2.40. The number of benzene rings is 6. The van der Waals surface area contributed by atoms with Crippen LogP contribution in [-0.4, -0.2) is 5.90 Å². The van der Waals surface area contributed by atoms with Gasteiger partial charge in [-0.1, -0.05) is 127 Å². The first kappa shape index (κ1) is 24.0. The van der Waals surface area contributed by atoms with E-state index in [0.29, 0.717) is 5.90 Å². The van der Waals surface area contributed by atoms with Crippen LogP contribution in [0.15, 0.2) is 151 Å². The summed E-state index contributed by atoms with van der Waals surface area (Å²) < 4.78 is 13.1. The topological polar surface area (TPSA) is 42.9 Å². The molecular weight excluding hydrogens is 528 g/mol. The molecule has 6 aromatic carbocycles. The Bertz CT molecular complexity index is 2040. The minimum atomic E-state index is -0.490. The zero-order valence-electron chi connectivity index (χ0n) is 23.2. The monoisotopic (exact) mass is 554 g/mol. The molecule has 1 atom stereocenters. The second-order valence-electron chi connectivity index (χ2n) is 11.2. The summed E-state index contributed by atoms with van der Waals surface area (Å²) in [6.45, 7) is 0. The molecule has 1 N–H and O–H groups in total. The molecule has 3 aliphatic rings. The molecule has 0 saturated heterocycles. The van der Waals surface area contributed by atoms with Gasteiger partial charge < -0.3 is 9.47 Å². The van der Waals surface area contributed by atoms with E-state index in [9.17, 15) is 0 Å². The van der Waals surface area contributed by atoms with Crippen LogP contribution < -0.4 is 10.2 Å². The van der Waals surface area contributed by atoms with Gasteiger partial charge in [0, 0.05) is 27.8 Å². The first-order valence-electron chi connectivity index (χ1n) is 14.6. The Hall–Kier alpha value is -5.61. The fourth-order valence-corrected chi connectivity index (χ4v) is 7.11. The van der Waals surface area contributed by atoms with Crippen LogP contribution in [0.1, 0.15) is 39.6 Å². The molecule has 2 heterocycles. The fourth-order valence-electron chi connectivity index (χ4n) is 7.11. The van der Waals surface area contributed by atoms with Crippen LogP contribution in [0.3, 0.4) is 0 Å². The van der Waals surface area contributed by atoms with Crippen molar-refractivity contribution in [2.45, 2.75) is 11.6 Å². The van der Waals surface area contributed by atoms with E-state index < -0.39 is 5.41 Å². The molecule has 0 amide bonds. The third-order valence-electron chi connectivity index (χ3n) is 8.91. The Morgan fingerprint density at radius 3 is 1.93 bits per heavy atom. The Morgan fingerprint density at radius 1 is 0.535 bits per heavy atom. The highest BCUT2D eigenvalue weighted by molar-refractivity contribution is 5.97. The highest BCUT2D eigenvalue weighted by atomic mass is 16.5. The number of nitrogens with one attached hydrogen (secondary N) is 1. The fraction of sp³-hybridized carbons (Fsp3) is 0.0513. The average Bonchev–Trinajstić information content (AvgIpc) is 3.69. The van der Waals surface area contributed by atoms with Crippen molar-refractivity contribution in [1.29, 1.82) is 0 Å². The van der Waals surface area contributed by atoms with Crippen LogP contribution in [0.5, 0.6) is 11.5 Å². The summed E-state index contributed by atoms with van der Waals surface area (Å²) in [4.78, 5) is 0. The van der Waals surface area contributed by atoms with Crippen molar-refractivity contribution >= 4 is 5.90 Å². The Kier molecular flexibility index (Phi) is 5.14. The summed E-state index contributed by atoms with van der Waals surface area (Å²) in [6, 6.07) is 51.0. The maximum absolute atomic E-state index is 6.85. The number of para-hydroxylation sites is 2. The molecule has 9 rings (SSSR count). The second-order valence-corrected chi connectivity index (χ2v) is 11.2. The van der Waals surface area contributed by atoms with Gasteiger partial charge in [-0.2, -0.15) is 0 Å². The van der Waals surface area contributed by atoms with Gasteiger partial charge in [-0.05, 0) is 46.0 Å². The lowest BCUT2D eigenvalue weighted by atomic mass is 9.65. The molecule has 1 unspecified atom stereocenters. The van der Waals surface area contributed by atoms with Gasteiger partial charge in [-0.3, -0.25) is 5.43 Å². The molecule has 0 bridgehead atoms. The van der Waals surface area contributed by atoms with Crippen LogP contribution in [0.2, 0.25) is 0 Å². The van der Waals surface area contributed by atoms with Crippen LogP contribution in [-0.2, 0) is 10.2 Å². The van der Waals surface area contributed by atoms with Gasteiger partial charge in [-0.25, -0.2) is 0 Å². The van der Waals surface area contributed by atoms with Crippen molar-refractivity contribution in [2.24, 2.45) is 5.10 Å². The number of hydrogen-bond donors (Lipinski definition) is 1. The van der Waals surface area contributed by atoms with Crippen LogP contribution in [0, 0.1) is 0 Å². The van der Waals surface area contributed by atoms with Gasteiger partial charge in [0.15, 0.2) is 0 Å². The van der Waals surface area contributed by atoms with Crippen molar-refractivity contribution in [3.05, 3.63) is 179 Å². The average molecular weight is 555 g/mol. The largest absolute Gasteiger partial charge is 0.456 e. The van der Waals surface area contributed by atoms with Gasteiger partial charge in [0.25, 0.3) is 0 Å². The number of nitrogens with zero attached hydrogens (tertiary/aromatic N) is 1. The molecule has 0 saturated carbocycles. The van der Waals surface area contributed by atoms with Gasteiger partial charge >= 0.3 is 0 Å². The van der Waals surface area contributed by atoms with Crippen LogP contribution in [0.4, 0.5) is 0 Å². The van der Waals surface area contributed by atoms with Crippen LogP contribution >= 0.6 is 0 Å². The van der Waals surface area contributed by atoms with Crippen LogP contribution in [0.25, 0.3) is 22.3 Å². The number of hydrogen-bond acceptors (Lipinski definition) is 4. The summed E-state index contributed by atoms with van der Waals surface area (Å²) in [7, 11) is 0. The quantitative estimate of drug-likeness (QED) is 0.237. The van der Waals surface area contributed by atoms with E-state index in [-0.39, 0.29) is 6.23 Å². The highest BCUT2D eigenvalue weighted by Gasteiger charge is 2.51. The first-order valence-corrected chi connectivity index (χ1v) is 14.6. The Labute approximate surface area is 249 Å². The van der Waals surface area contributed by atoms with Gasteiger partial charge in [-0.15, -0.1) is 5.10 Å². The first-order chi connectivity index (χ1) is 21.3. The summed E-state index contributed by atoms with van der Waals surface area (Å²) in [5, 5.41) is 4.54. The molecule has 0 fully saturated rings. The normalized spacial score (nSPS) is 16.6. The standard InChI is InChI=1S/C39H26N2O2/c1-2-12-25(13-3-1)37-40-41-38(43-37)27-15-10-14-26(24-27)28-18-11-22-34-36(28)42-35-23-9-8-21-33(35)39(34)31-19-6-4-16-29(31)30-17-5-7-20-32(30)39/h1-24,37,40H. The molecule has 1 aliphatic carbocycles. The lowest BCUT2D eigenvalue weighted by Crippen LogP contribution is -2.32. The molecule has 4 heteroatoms. The number of rotatable bonds is 3. The van der Waals surface area contributed by atoms with E-state index in [0.717, 1.165) is 44.9 Å². The van der Waals surface area contributed by atoms with E-state index in [4.69, 9.17) is 9.47 Å². The van der Waals surface area contributed by atoms with Crippen molar-refractivity contribution < 1.29 is 9.47 Å². The Morgan fingerprint density at radius 2 is 1.14 bits per heavy atom. The van der Waals surface area contributed by atoms with Crippen molar-refractivity contribution in [3.8, 4) is 33.8 Å². The summed E-state index contributed by atoms with van der Waals surface area (Å²) in [5.41, 5.74) is 14.1. The molecule has 204 valence electrons. The number of fused-ring (bicyclic) bond motifs is 9. The second kappa shape index (κ2) is 9.20. The van der Waals surface area contributed by atoms with E-state index in [1.807, 2.05) is 36.4 Å². The predicted molar refractivity (Wildman–Crippen MR) is 169 cm³/mol. The molecule has 4 nitrogen and oxygen atoms in total. The van der Waals surface area contributed by atoms with Gasteiger partial charge in [0.2, 0.25) is 12.1 Å². The highest BCUT2D eigenvalue weighted by Crippen LogP contribution is 2.63. The van der Waals surface area contributed by atoms with Crippen molar-refractivity contribution in [1.82, 2.24) is 5.43 Å².